The fourth-order valence-electron chi connectivity index (χ4n) is 2.51. The van der Waals surface area contributed by atoms with Crippen molar-refractivity contribution in [1.82, 2.24) is 4.90 Å². The number of amides is 1. The number of hydrogen-bond donors (Lipinski definition) is 2. The number of thioether (sulfide) groups is 1. The van der Waals surface area contributed by atoms with Crippen molar-refractivity contribution in [3.63, 3.8) is 0 Å². The maximum absolute atomic E-state index is 12.5. The number of carbonyl (C=O) groups is 1. The molecule has 6 heteroatoms. The summed E-state index contributed by atoms with van der Waals surface area (Å²) in [5.74, 6) is 1.10. The minimum Gasteiger partial charge on any atom is -0.409 e. The molecule has 2 rings (SSSR count). The van der Waals surface area contributed by atoms with Crippen LogP contribution in [0.4, 0.5) is 0 Å². The molecule has 0 aromatic rings. The third kappa shape index (κ3) is 2.10. The second-order valence-corrected chi connectivity index (χ2v) is 6.40. The monoisotopic (exact) mass is 257 g/mol. The molecule has 1 aliphatic heterocycles. The Morgan fingerprint density at radius 3 is 2.76 bits per heavy atom. The molecular weight excluding hydrogens is 238 g/mol. The molecule has 1 saturated carbocycles. The molecule has 1 unspecified atom stereocenters. The van der Waals surface area contributed by atoms with E-state index in [-0.39, 0.29) is 11.7 Å². The minimum atomic E-state index is -0.712. The zero-order valence-electron chi connectivity index (χ0n) is 10.1. The first-order valence-electron chi connectivity index (χ1n) is 5.99. The van der Waals surface area contributed by atoms with Gasteiger partial charge in [-0.1, -0.05) is 18.5 Å². The molecule has 1 amide bonds. The third-order valence-corrected chi connectivity index (χ3v) is 4.88. The summed E-state index contributed by atoms with van der Waals surface area (Å²) in [5.41, 5.74) is 4.99. The number of hydrogen-bond acceptors (Lipinski definition) is 4. The van der Waals surface area contributed by atoms with Gasteiger partial charge in [0.2, 0.25) is 5.91 Å². The quantitative estimate of drug-likeness (QED) is 0.333. The van der Waals surface area contributed by atoms with Crippen LogP contribution in [-0.2, 0) is 4.79 Å². The first kappa shape index (κ1) is 12.5. The number of nitrogens with two attached hydrogens (primary N) is 1. The van der Waals surface area contributed by atoms with Crippen molar-refractivity contribution in [1.29, 1.82) is 0 Å². The molecule has 2 fully saturated rings. The summed E-state index contributed by atoms with van der Waals surface area (Å²) in [6.45, 7) is 3.67. The zero-order valence-corrected chi connectivity index (χ0v) is 10.9. The van der Waals surface area contributed by atoms with E-state index in [9.17, 15) is 4.79 Å². The Labute approximate surface area is 105 Å². The van der Waals surface area contributed by atoms with Gasteiger partial charge in [0, 0.05) is 24.1 Å². The highest BCUT2D eigenvalue weighted by Crippen LogP contribution is 2.43. The van der Waals surface area contributed by atoms with Crippen molar-refractivity contribution in [2.24, 2.45) is 16.3 Å². The Kier molecular flexibility index (Phi) is 3.51. The lowest BCUT2D eigenvalue weighted by molar-refractivity contribution is -0.142. The van der Waals surface area contributed by atoms with Gasteiger partial charge in [0.25, 0.3) is 0 Å². The standard InChI is InChI=1S/C11H19N3O2S/c1-8-7-14(5-6-17-8)10(15)11(3-2-4-11)9(12)13-16/h8,16H,2-7H2,1H3,(H2,12,13). The molecule has 2 aliphatic rings. The van der Waals surface area contributed by atoms with Crippen molar-refractivity contribution >= 4 is 23.5 Å². The molecule has 1 atom stereocenters. The average Bonchev–Trinajstić information content (AvgIpc) is 2.27. The van der Waals surface area contributed by atoms with Gasteiger partial charge in [0.15, 0.2) is 5.84 Å². The van der Waals surface area contributed by atoms with Crippen molar-refractivity contribution in [2.45, 2.75) is 31.4 Å². The summed E-state index contributed by atoms with van der Waals surface area (Å²) >= 11 is 1.88. The van der Waals surface area contributed by atoms with Crippen LogP contribution in [0.5, 0.6) is 0 Å². The van der Waals surface area contributed by atoms with E-state index in [2.05, 4.69) is 12.1 Å². The van der Waals surface area contributed by atoms with E-state index in [1.165, 1.54) is 0 Å². The molecule has 1 saturated heterocycles. The Balaban J connectivity index is 2.12. The SMILES string of the molecule is CC1CN(C(=O)C2(C(N)=NO)CCC2)CCS1. The van der Waals surface area contributed by atoms with Gasteiger partial charge in [-0.15, -0.1) is 0 Å². The second-order valence-electron chi connectivity index (χ2n) is 4.85. The summed E-state index contributed by atoms with van der Waals surface area (Å²) in [6, 6.07) is 0. The van der Waals surface area contributed by atoms with Crippen LogP contribution in [-0.4, -0.2) is 45.9 Å². The number of carbonyl (C=O) groups excluding carboxylic acids is 1. The predicted molar refractivity (Wildman–Crippen MR) is 68.2 cm³/mol. The number of nitrogens with zero attached hydrogens (tertiary/aromatic N) is 2. The molecular formula is C11H19N3O2S. The van der Waals surface area contributed by atoms with Crippen LogP contribution in [0.15, 0.2) is 5.16 Å². The van der Waals surface area contributed by atoms with Gasteiger partial charge in [-0.2, -0.15) is 11.8 Å². The highest BCUT2D eigenvalue weighted by atomic mass is 32.2. The van der Waals surface area contributed by atoms with Crippen LogP contribution in [0, 0.1) is 5.41 Å². The van der Waals surface area contributed by atoms with Gasteiger partial charge in [0.05, 0.1) is 0 Å². The number of rotatable bonds is 2. The lowest BCUT2D eigenvalue weighted by Gasteiger charge is -2.44. The van der Waals surface area contributed by atoms with Gasteiger partial charge in [0.1, 0.15) is 5.41 Å². The molecule has 0 aromatic heterocycles. The summed E-state index contributed by atoms with van der Waals surface area (Å²) in [5, 5.41) is 12.4. The van der Waals surface area contributed by atoms with E-state index >= 15 is 0 Å². The van der Waals surface area contributed by atoms with Gasteiger partial charge >= 0.3 is 0 Å². The lowest BCUT2D eigenvalue weighted by Crippen LogP contribution is -2.57. The molecule has 0 aromatic carbocycles. The Hall–Kier alpha value is -0.910. The Bertz CT molecular complexity index is 342. The first-order chi connectivity index (χ1) is 8.10. The topological polar surface area (TPSA) is 78.9 Å². The van der Waals surface area contributed by atoms with Gasteiger partial charge in [-0.3, -0.25) is 4.79 Å². The maximum atomic E-state index is 12.5. The number of oxime groups is 1. The van der Waals surface area contributed by atoms with E-state index < -0.39 is 5.41 Å². The fraction of sp³-hybridized carbons (Fsp3) is 0.818. The van der Waals surface area contributed by atoms with Crippen LogP contribution in [0.3, 0.4) is 0 Å². The van der Waals surface area contributed by atoms with Crippen molar-refractivity contribution in [3.8, 4) is 0 Å². The summed E-state index contributed by atoms with van der Waals surface area (Å²) in [7, 11) is 0. The molecule has 0 bridgehead atoms. The zero-order chi connectivity index (χ0) is 12.5. The van der Waals surface area contributed by atoms with E-state index in [0.717, 1.165) is 25.3 Å². The van der Waals surface area contributed by atoms with E-state index in [1.54, 1.807) is 0 Å². The molecule has 1 aliphatic carbocycles. The normalized spacial score (nSPS) is 28.6. The fourth-order valence-corrected chi connectivity index (χ4v) is 3.52. The van der Waals surface area contributed by atoms with Crippen LogP contribution >= 0.6 is 11.8 Å². The first-order valence-corrected chi connectivity index (χ1v) is 7.04. The lowest BCUT2D eigenvalue weighted by atomic mass is 9.66. The average molecular weight is 257 g/mol. The molecule has 3 N–H and O–H groups in total. The molecule has 0 radical (unpaired) electrons. The van der Waals surface area contributed by atoms with E-state index in [4.69, 9.17) is 10.9 Å². The molecule has 96 valence electrons. The van der Waals surface area contributed by atoms with Crippen LogP contribution in [0.1, 0.15) is 26.2 Å². The minimum absolute atomic E-state index is 0.0474. The molecule has 0 spiro atoms. The van der Waals surface area contributed by atoms with Crippen LogP contribution < -0.4 is 5.73 Å². The largest absolute Gasteiger partial charge is 0.409 e. The summed E-state index contributed by atoms with van der Waals surface area (Å²) < 4.78 is 0. The van der Waals surface area contributed by atoms with Crippen molar-refractivity contribution in [2.75, 3.05) is 18.8 Å². The smallest absolute Gasteiger partial charge is 0.236 e. The van der Waals surface area contributed by atoms with Gasteiger partial charge < -0.3 is 15.8 Å². The van der Waals surface area contributed by atoms with Gasteiger partial charge in [-0.25, -0.2) is 0 Å². The van der Waals surface area contributed by atoms with Crippen molar-refractivity contribution < 1.29 is 10.0 Å². The number of amidine groups is 1. The van der Waals surface area contributed by atoms with Crippen LogP contribution in [0.2, 0.25) is 0 Å². The highest BCUT2D eigenvalue weighted by molar-refractivity contribution is 7.99. The van der Waals surface area contributed by atoms with Crippen LogP contribution in [0.25, 0.3) is 0 Å². The predicted octanol–water partition coefficient (Wildman–Crippen LogP) is 0.867. The Morgan fingerprint density at radius 1 is 1.59 bits per heavy atom. The second kappa shape index (κ2) is 4.76. The Morgan fingerprint density at radius 2 is 2.29 bits per heavy atom. The maximum Gasteiger partial charge on any atom is 0.236 e. The van der Waals surface area contributed by atoms with Crippen molar-refractivity contribution in [3.05, 3.63) is 0 Å². The third-order valence-electron chi connectivity index (χ3n) is 3.74. The molecule has 1 heterocycles. The molecule has 5 nitrogen and oxygen atoms in total. The van der Waals surface area contributed by atoms with E-state index in [1.807, 2.05) is 16.7 Å². The molecule has 17 heavy (non-hydrogen) atoms. The van der Waals surface area contributed by atoms with E-state index in [0.29, 0.717) is 18.1 Å². The summed E-state index contributed by atoms with van der Waals surface area (Å²) in [6.07, 6.45) is 2.39. The van der Waals surface area contributed by atoms with Gasteiger partial charge in [-0.05, 0) is 12.8 Å². The highest BCUT2D eigenvalue weighted by Gasteiger charge is 2.50. The summed E-state index contributed by atoms with van der Waals surface area (Å²) in [4.78, 5) is 14.4.